The van der Waals surface area contributed by atoms with Gasteiger partial charge in [0.1, 0.15) is 0 Å². The summed E-state index contributed by atoms with van der Waals surface area (Å²) in [5, 5.41) is 5.63. The van der Waals surface area contributed by atoms with Gasteiger partial charge in [-0.1, -0.05) is 29.8 Å². The maximum atomic E-state index is 11.8. The average Bonchev–Trinajstić information content (AvgIpc) is 2.79. The quantitative estimate of drug-likeness (QED) is 0.636. The Kier molecular flexibility index (Phi) is 5.16. The number of halogens is 1. The molecule has 1 aliphatic heterocycles. The molecule has 0 bridgehead atoms. The van der Waals surface area contributed by atoms with Crippen molar-refractivity contribution in [2.75, 3.05) is 19.6 Å². The van der Waals surface area contributed by atoms with Crippen LogP contribution in [0.3, 0.4) is 0 Å². The number of benzene rings is 1. The van der Waals surface area contributed by atoms with Gasteiger partial charge < -0.3 is 10.6 Å². The molecule has 0 atom stereocenters. The van der Waals surface area contributed by atoms with Gasteiger partial charge in [-0.15, -0.1) is 0 Å². The van der Waals surface area contributed by atoms with E-state index in [1.807, 2.05) is 18.2 Å². The molecule has 7 heteroatoms. The largest absolute Gasteiger partial charge is 0.351 e. The Morgan fingerprint density at radius 3 is 2.77 bits per heavy atom. The van der Waals surface area contributed by atoms with Gasteiger partial charge in [0.2, 0.25) is 11.8 Å². The van der Waals surface area contributed by atoms with Crippen molar-refractivity contribution in [1.29, 1.82) is 0 Å². The topological polar surface area (TPSA) is 78.5 Å². The van der Waals surface area contributed by atoms with E-state index in [9.17, 15) is 14.4 Å². The summed E-state index contributed by atoms with van der Waals surface area (Å²) in [4.78, 5) is 35.6. The number of carbonyl (C=O) groups is 3. The average molecular weight is 322 g/mol. The van der Waals surface area contributed by atoms with Crippen LogP contribution in [0.2, 0.25) is 5.02 Å². The van der Waals surface area contributed by atoms with Crippen LogP contribution >= 0.6 is 11.6 Å². The molecule has 1 aromatic rings. The van der Waals surface area contributed by atoms with Gasteiger partial charge in [-0.2, -0.15) is 0 Å². The van der Waals surface area contributed by atoms with Crippen LogP contribution < -0.4 is 10.6 Å². The monoisotopic (exact) mass is 321 g/mol. The van der Waals surface area contributed by atoms with E-state index in [1.165, 1.54) is 6.08 Å². The normalized spacial score (nSPS) is 15.0. The molecule has 0 aromatic heterocycles. The van der Waals surface area contributed by atoms with Crippen molar-refractivity contribution in [1.82, 2.24) is 15.5 Å². The van der Waals surface area contributed by atoms with Crippen molar-refractivity contribution in [2.45, 2.75) is 6.92 Å². The highest BCUT2D eigenvalue weighted by Gasteiger charge is 2.27. The van der Waals surface area contributed by atoms with Gasteiger partial charge in [0, 0.05) is 24.2 Å². The van der Waals surface area contributed by atoms with Crippen molar-refractivity contribution >= 4 is 35.0 Å². The van der Waals surface area contributed by atoms with Crippen LogP contribution in [0.1, 0.15) is 12.5 Å². The van der Waals surface area contributed by atoms with Gasteiger partial charge in [0.25, 0.3) is 0 Å². The molecule has 6 nitrogen and oxygen atoms in total. The number of carbonyl (C=O) groups excluding carboxylic acids is 3. The Bertz CT molecular complexity index is 627. The zero-order valence-corrected chi connectivity index (χ0v) is 12.8. The zero-order chi connectivity index (χ0) is 16.1. The summed E-state index contributed by atoms with van der Waals surface area (Å²) in [7, 11) is 0. The summed E-state index contributed by atoms with van der Waals surface area (Å²) in [6, 6.07) is 6.81. The Morgan fingerprint density at radius 2 is 2.14 bits per heavy atom. The molecule has 0 radical (unpaired) electrons. The lowest BCUT2D eigenvalue weighted by molar-refractivity contribution is -0.125. The third-order valence-electron chi connectivity index (χ3n) is 3.22. The van der Waals surface area contributed by atoms with E-state index in [-0.39, 0.29) is 31.4 Å². The lowest BCUT2D eigenvalue weighted by Gasteiger charge is -2.12. The Hall–Kier alpha value is -2.34. The van der Waals surface area contributed by atoms with Gasteiger partial charge in [-0.3, -0.25) is 14.5 Å². The van der Waals surface area contributed by atoms with Gasteiger partial charge in [-0.05, 0) is 24.1 Å². The van der Waals surface area contributed by atoms with Crippen molar-refractivity contribution in [3.63, 3.8) is 0 Å². The van der Waals surface area contributed by atoms with E-state index in [4.69, 9.17) is 11.6 Å². The molecule has 1 aliphatic rings. The summed E-state index contributed by atoms with van der Waals surface area (Å²) in [5.41, 5.74) is 1.52. The number of rotatable bonds is 5. The lowest BCUT2D eigenvalue weighted by atomic mass is 10.1. The van der Waals surface area contributed by atoms with Gasteiger partial charge in [0.15, 0.2) is 0 Å². The molecule has 0 saturated carbocycles. The highest BCUT2D eigenvalue weighted by molar-refractivity contribution is 6.32. The van der Waals surface area contributed by atoms with Crippen LogP contribution in [0, 0.1) is 0 Å². The standard InChI is InChI=1S/C15H16ClN3O3/c1-10(11-4-2-3-5-12(11)16)8-13(20)17-6-7-19-14(21)9-18-15(19)22/h2-5,8H,6-7,9H2,1H3,(H,17,20)(H,18,22)/b10-8-. The maximum absolute atomic E-state index is 11.8. The van der Waals surface area contributed by atoms with E-state index >= 15 is 0 Å². The van der Waals surface area contributed by atoms with E-state index in [0.717, 1.165) is 16.0 Å². The molecule has 1 fully saturated rings. The molecule has 0 aliphatic carbocycles. The molecule has 22 heavy (non-hydrogen) atoms. The van der Waals surface area contributed by atoms with Crippen molar-refractivity contribution in [3.05, 3.63) is 40.9 Å². The third-order valence-corrected chi connectivity index (χ3v) is 3.55. The lowest BCUT2D eigenvalue weighted by Crippen LogP contribution is -2.38. The van der Waals surface area contributed by atoms with Gasteiger partial charge in [0.05, 0.1) is 6.54 Å². The molecular formula is C15H16ClN3O3. The minimum atomic E-state index is -0.429. The fourth-order valence-electron chi connectivity index (χ4n) is 2.08. The Labute approximate surface area is 133 Å². The third kappa shape index (κ3) is 3.85. The molecule has 2 rings (SSSR count). The molecule has 1 heterocycles. The molecule has 1 aromatic carbocycles. The van der Waals surface area contributed by atoms with E-state index in [1.54, 1.807) is 13.0 Å². The van der Waals surface area contributed by atoms with Crippen molar-refractivity contribution < 1.29 is 14.4 Å². The number of urea groups is 1. The first-order valence-corrected chi connectivity index (χ1v) is 7.16. The summed E-state index contributed by atoms with van der Waals surface area (Å²) in [6.07, 6.45) is 1.44. The Morgan fingerprint density at radius 1 is 1.41 bits per heavy atom. The number of allylic oxidation sites excluding steroid dienone is 1. The SMILES string of the molecule is C/C(=C/C(=O)NCCN1C(=O)CNC1=O)c1ccccc1Cl. The minimum Gasteiger partial charge on any atom is -0.351 e. The van der Waals surface area contributed by atoms with E-state index in [0.29, 0.717) is 5.02 Å². The fraction of sp³-hybridized carbons (Fsp3) is 0.267. The van der Waals surface area contributed by atoms with Crippen molar-refractivity contribution in [3.8, 4) is 0 Å². The predicted molar refractivity (Wildman–Crippen MR) is 83.2 cm³/mol. The highest BCUT2D eigenvalue weighted by atomic mass is 35.5. The number of nitrogens with zero attached hydrogens (tertiary/aromatic N) is 1. The predicted octanol–water partition coefficient (Wildman–Crippen LogP) is 1.41. The number of hydrogen-bond donors (Lipinski definition) is 2. The summed E-state index contributed by atoms with van der Waals surface area (Å²) < 4.78 is 0. The summed E-state index contributed by atoms with van der Waals surface area (Å²) in [6.45, 7) is 2.15. The first-order chi connectivity index (χ1) is 10.5. The molecular weight excluding hydrogens is 306 g/mol. The summed E-state index contributed by atoms with van der Waals surface area (Å²) in [5.74, 6) is -0.591. The second-order valence-electron chi connectivity index (χ2n) is 4.80. The second kappa shape index (κ2) is 7.09. The number of amides is 4. The van der Waals surface area contributed by atoms with Crippen molar-refractivity contribution in [2.24, 2.45) is 0 Å². The second-order valence-corrected chi connectivity index (χ2v) is 5.21. The van der Waals surface area contributed by atoms with Crippen LogP contribution in [0.5, 0.6) is 0 Å². The zero-order valence-electron chi connectivity index (χ0n) is 12.1. The van der Waals surface area contributed by atoms with Crippen LogP contribution in [0.25, 0.3) is 5.57 Å². The first-order valence-electron chi connectivity index (χ1n) is 6.78. The molecule has 2 N–H and O–H groups in total. The minimum absolute atomic E-state index is 0.0122. The van der Waals surface area contributed by atoms with E-state index < -0.39 is 6.03 Å². The molecule has 0 spiro atoms. The van der Waals surface area contributed by atoms with Gasteiger partial charge >= 0.3 is 6.03 Å². The summed E-state index contributed by atoms with van der Waals surface area (Å²) >= 11 is 6.06. The number of nitrogens with one attached hydrogen (secondary N) is 2. The highest BCUT2D eigenvalue weighted by Crippen LogP contribution is 2.22. The van der Waals surface area contributed by atoms with Crippen LogP contribution in [0.15, 0.2) is 30.3 Å². The molecule has 116 valence electrons. The smallest absolute Gasteiger partial charge is 0.324 e. The Balaban J connectivity index is 1.88. The van der Waals surface area contributed by atoms with Gasteiger partial charge in [-0.25, -0.2) is 4.79 Å². The fourth-order valence-corrected chi connectivity index (χ4v) is 2.36. The van der Waals surface area contributed by atoms with Crippen LogP contribution in [-0.2, 0) is 9.59 Å². The maximum Gasteiger partial charge on any atom is 0.324 e. The number of imide groups is 1. The molecule has 1 saturated heterocycles. The van der Waals surface area contributed by atoms with Crippen LogP contribution in [0.4, 0.5) is 4.79 Å². The molecule has 0 unspecified atom stereocenters. The first kappa shape index (κ1) is 16.0. The van der Waals surface area contributed by atoms with E-state index in [2.05, 4.69) is 10.6 Å². The number of hydrogen-bond acceptors (Lipinski definition) is 3. The van der Waals surface area contributed by atoms with Crippen LogP contribution in [-0.4, -0.2) is 42.4 Å². The molecule has 4 amide bonds.